The number of benzene rings is 1. The molecule has 0 N–H and O–H groups in total. The van der Waals surface area contributed by atoms with Gasteiger partial charge in [-0.3, -0.25) is 0 Å². The van der Waals surface area contributed by atoms with Crippen LogP contribution in [0.1, 0.15) is 71.8 Å². The molecule has 0 unspecified atom stereocenters. The van der Waals surface area contributed by atoms with Crippen LogP contribution in [0.5, 0.6) is 22.3 Å². The summed E-state index contributed by atoms with van der Waals surface area (Å²) in [7, 11) is 4.88. The maximum Gasteiger partial charge on any atom is 0.218 e. The topological polar surface area (TPSA) is 74.0 Å². The van der Waals surface area contributed by atoms with Crippen molar-refractivity contribution in [2.75, 3.05) is 27.9 Å². The van der Waals surface area contributed by atoms with E-state index in [0.29, 0.717) is 40.6 Å². The third-order valence-corrected chi connectivity index (χ3v) is 6.75. The van der Waals surface area contributed by atoms with Crippen LogP contribution in [-0.2, 0) is 0 Å². The van der Waals surface area contributed by atoms with Crippen LogP contribution in [0, 0.1) is 5.41 Å². The Bertz CT molecular complexity index is 1090. The Balaban J connectivity index is 1.89. The Labute approximate surface area is 219 Å². The highest BCUT2D eigenvalue weighted by atomic mass is 32.1. The first-order valence-corrected chi connectivity index (χ1v) is 13.4. The van der Waals surface area contributed by atoms with Gasteiger partial charge in [0.15, 0.2) is 11.6 Å². The van der Waals surface area contributed by atoms with Gasteiger partial charge in [-0.25, -0.2) is 15.0 Å². The smallest absolute Gasteiger partial charge is 0.218 e. The van der Waals surface area contributed by atoms with Crippen LogP contribution in [-0.4, -0.2) is 45.3 Å². The fraction of sp³-hybridized carbons (Fsp3) is 0.536. The van der Waals surface area contributed by atoms with Crippen LogP contribution in [0.25, 0.3) is 0 Å². The van der Waals surface area contributed by atoms with Gasteiger partial charge in [0.1, 0.15) is 28.0 Å². The van der Waals surface area contributed by atoms with Crippen molar-refractivity contribution in [3.8, 4) is 22.3 Å². The summed E-state index contributed by atoms with van der Waals surface area (Å²) in [6.07, 6.45) is 7.34. The van der Waals surface area contributed by atoms with Crippen molar-refractivity contribution >= 4 is 33.7 Å². The first-order chi connectivity index (χ1) is 17.3. The molecule has 0 radical (unpaired) electrons. The lowest BCUT2D eigenvalue weighted by Crippen LogP contribution is -2.16. The molecule has 0 fully saturated rings. The van der Waals surface area contributed by atoms with E-state index in [0.717, 1.165) is 22.7 Å². The molecule has 0 aliphatic carbocycles. The van der Waals surface area contributed by atoms with Gasteiger partial charge < -0.3 is 18.9 Å². The molecule has 196 valence electrons. The summed E-state index contributed by atoms with van der Waals surface area (Å²) in [6.45, 7) is 9.18. The molecule has 7 nitrogen and oxygen atoms in total. The van der Waals surface area contributed by atoms with Gasteiger partial charge >= 0.3 is 0 Å². The van der Waals surface area contributed by atoms with Crippen LogP contribution >= 0.6 is 11.3 Å². The molecule has 0 amide bonds. The van der Waals surface area contributed by atoms with Crippen molar-refractivity contribution in [1.82, 2.24) is 0 Å². The van der Waals surface area contributed by atoms with Crippen LogP contribution in [0.15, 0.2) is 39.2 Å². The normalized spacial score (nSPS) is 14.6. The van der Waals surface area contributed by atoms with Crippen molar-refractivity contribution in [2.45, 2.75) is 66.2 Å². The van der Waals surface area contributed by atoms with Crippen LogP contribution < -0.4 is 18.9 Å². The lowest BCUT2D eigenvalue weighted by atomic mass is 9.95. The van der Waals surface area contributed by atoms with Crippen molar-refractivity contribution in [1.29, 1.82) is 0 Å². The third-order valence-electron chi connectivity index (χ3n) is 5.78. The predicted octanol–water partition coefficient (Wildman–Crippen LogP) is 7.49. The summed E-state index contributed by atoms with van der Waals surface area (Å²) < 4.78 is 22.6. The Morgan fingerprint density at radius 1 is 0.861 bits per heavy atom. The number of methoxy groups -OCH3 is 3. The number of rotatable bonds is 13. The number of thiophene rings is 1. The second-order valence-electron chi connectivity index (χ2n) is 9.70. The third kappa shape index (κ3) is 7.09. The first kappa shape index (κ1) is 27.7. The molecular formula is C28H39N3O4S. The standard InChI is InChI=1S/C28H39N3O4S/c1-8-9-10-11-12-13-16-35-19-14-15-21(32-5)20(17-19)24-25(31-27(30-24)28(2,3)4)29-23-18-22(33-6)26(34-7)36-23/h14-15,17-18H,8-13,16H2,1-7H3. The molecule has 0 bridgehead atoms. The zero-order valence-corrected chi connectivity index (χ0v) is 23.5. The quantitative estimate of drug-likeness (QED) is 0.260. The van der Waals surface area contributed by atoms with E-state index in [-0.39, 0.29) is 5.41 Å². The van der Waals surface area contributed by atoms with Gasteiger partial charge in [0.25, 0.3) is 0 Å². The first-order valence-electron chi connectivity index (χ1n) is 12.6. The Hall–Kier alpha value is -2.87. The number of nitrogens with zero attached hydrogens (tertiary/aromatic N) is 3. The average Bonchev–Trinajstić information content (AvgIpc) is 3.47. The molecule has 0 saturated carbocycles. The van der Waals surface area contributed by atoms with Gasteiger partial charge in [0.05, 0.1) is 27.9 Å². The van der Waals surface area contributed by atoms with Crippen LogP contribution in [0.2, 0.25) is 0 Å². The van der Waals surface area contributed by atoms with Gasteiger partial charge in [-0.1, -0.05) is 71.1 Å². The summed E-state index contributed by atoms with van der Waals surface area (Å²) in [5.74, 6) is 3.36. The molecule has 2 aromatic rings. The largest absolute Gasteiger partial charge is 0.496 e. The van der Waals surface area contributed by atoms with E-state index in [9.17, 15) is 0 Å². The highest BCUT2D eigenvalue weighted by Gasteiger charge is 2.30. The molecule has 3 rings (SSSR count). The minimum absolute atomic E-state index is 0.244. The van der Waals surface area contributed by atoms with Crippen molar-refractivity contribution in [3.63, 3.8) is 0 Å². The summed E-state index contributed by atoms with van der Waals surface area (Å²) in [5, 5.41) is 1.38. The number of aliphatic imine (C=N–C) groups is 3. The van der Waals surface area contributed by atoms with Gasteiger partial charge in [-0.05, 0) is 24.6 Å². The van der Waals surface area contributed by atoms with E-state index in [4.69, 9.17) is 33.9 Å². The van der Waals surface area contributed by atoms with E-state index in [1.54, 1.807) is 21.3 Å². The van der Waals surface area contributed by atoms with Crippen molar-refractivity contribution in [3.05, 3.63) is 29.8 Å². The number of hydrogen-bond acceptors (Lipinski definition) is 7. The van der Waals surface area contributed by atoms with E-state index in [1.165, 1.54) is 43.4 Å². The van der Waals surface area contributed by atoms with Crippen molar-refractivity contribution in [2.24, 2.45) is 20.4 Å². The average molecular weight is 514 g/mol. The SMILES string of the molecule is CCCCCCCCOc1ccc(OC)c(C2=NC(C(C)(C)C)=NC2=Nc2cc(OC)c(OC)s2)c1. The molecular weight excluding hydrogens is 474 g/mol. The lowest BCUT2D eigenvalue weighted by Gasteiger charge is -2.14. The molecule has 0 saturated heterocycles. The lowest BCUT2D eigenvalue weighted by molar-refractivity contribution is 0.303. The van der Waals surface area contributed by atoms with E-state index in [2.05, 4.69) is 27.7 Å². The summed E-state index contributed by atoms with van der Waals surface area (Å²) in [4.78, 5) is 14.6. The molecule has 1 aliphatic heterocycles. The summed E-state index contributed by atoms with van der Waals surface area (Å²) in [6, 6.07) is 7.67. The maximum atomic E-state index is 6.09. The minimum atomic E-state index is -0.244. The second-order valence-corrected chi connectivity index (χ2v) is 10.7. The van der Waals surface area contributed by atoms with E-state index >= 15 is 0 Å². The maximum absolute atomic E-state index is 6.09. The molecule has 1 aliphatic rings. The highest BCUT2D eigenvalue weighted by molar-refractivity contribution is 7.18. The predicted molar refractivity (Wildman–Crippen MR) is 150 cm³/mol. The monoisotopic (exact) mass is 513 g/mol. The molecule has 8 heteroatoms. The molecule has 1 aromatic carbocycles. The number of ether oxygens (including phenoxy) is 4. The minimum Gasteiger partial charge on any atom is -0.496 e. The number of amidine groups is 2. The van der Waals surface area contributed by atoms with Gasteiger partial charge in [-0.2, -0.15) is 0 Å². The zero-order valence-electron chi connectivity index (χ0n) is 22.6. The fourth-order valence-corrected chi connectivity index (χ4v) is 4.57. The van der Waals surface area contributed by atoms with Gasteiger partial charge in [-0.15, -0.1) is 0 Å². The Kier molecular flexibility index (Phi) is 9.93. The molecule has 36 heavy (non-hydrogen) atoms. The highest BCUT2D eigenvalue weighted by Crippen LogP contribution is 2.42. The van der Waals surface area contributed by atoms with Crippen LogP contribution in [0.3, 0.4) is 0 Å². The van der Waals surface area contributed by atoms with E-state index < -0.39 is 0 Å². The molecule has 0 spiro atoms. The molecule has 2 heterocycles. The number of hydrogen-bond donors (Lipinski definition) is 0. The Morgan fingerprint density at radius 3 is 2.22 bits per heavy atom. The van der Waals surface area contributed by atoms with Crippen molar-refractivity contribution < 1.29 is 18.9 Å². The molecule has 1 aromatic heterocycles. The van der Waals surface area contributed by atoms with Gasteiger partial charge in [0, 0.05) is 17.0 Å². The zero-order chi connectivity index (χ0) is 26.1. The second kappa shape index (κ2) is 12.9. The van der Waals surface area contributed by atoms with E-state index in [1.807, 2.05) is 24.3 Å². The summed E-state index contributed by atoms with van der Waals surface area (Å²) in [5.41, 5.74) is 1.22. The molecule has 0 atom stereocenters. The summed E-state index contributed by atoms with van der Waals surface area (Å²) >= 11 is 1.40. The number of unbranched alkanes of at least 4 members (excludes halogenated alkanes) is 5. The Morgan fingerprint density at radius 2 is 1.58 bits per heavy atom. The van der Waals surface area contributed by atoms with Gasteiger partial charge in [0.2, 0.25) is 5.06 Å². The fourth-order valence-electron chi connectivity index (χ4n) is 3.75. The van der Waals surface area contributed by atoms with Crippen LogP contribution in [0.4, 0.5) is 5.00 Å².